The summed E-state index contributed by atoms with van der Waals surface area (Å²) in [5.41, 5.74) is 6.66. The van der Waals surface area contributed by atoms with Gasteiger partial charge in [-0.2, -0.15) is 4.98 Å². The topological polar surface area (TPSA) is 73.1 Å². The van der Waals surface area contributed by atoms with E-state index in [1.165, 1.54) is 12.8 Å². The number of aryl methyl sites for hydroxylation is 1. The van der Waals surface area contributed by atoms with Crippen LogP contribution in [0.4, 0.5) is 5.95 Å². The lowest BCUT2D eigenvalue weighted by Crippen LogP contribution is -2.45. The van der Waals surface area contributed by atoms with E-state index in [4.69, 9.17) is 10.5 Å². The Labute approximate surface area is 108 Å². The van der Waals surface area contributed by atoms with Crippen molar-refractivity contribution in [2.45, 2.75) is 39.2 Å². The van der Waals surface area contributed by atoms with Gasteiger partial charge in [0, 0.05) is 18.3 Å². The molecular formula is C13H22N4O. The van der Waals surface area contributed by atoms with Crippen molar-refractivity contribution in [2.75, 3.05) is 18.5 Å². The summed E-state index contributed by atoms with van der Waals surface area (Å²) in [7, 11) is 0. The molecular weight excluding hydrogens is 228 g/mol. The van der Waals surface area contributed by atoms with Gasteiger partial charge in [-0.15, -0.1) is 0 Å². The molecule has 3 N–H and O–H groups in total. The summed E-state index contributed by atoms with van der Waals surface area (Å²) in [6.45, 7) is 7.20. The second kappa shape index (κ2) is 5.10. The number of nitrogens with one attached hydrogen (secondary N) is 1. The van der Waals surface area contributed by atoms with E-state index in [0.29, 0.717) is 30.9 Å². The Balaban J connectivity index is 2.17. The molecule has 0 spiro atoms. The normalized spacial score (nSPS) is 18.2. The Hall–Kier alpha value is -1.36. The van der Waals surface area contributed by atoms with Gasteiger partial charge in [-0.25, -0.2) is 4.98 Å². The van der Waals surface area contributed by atoms with Crippen molar-refractivity contribution < 1.29 is 4.74 Å². The number of ether oxygens (including phenoxy) is 1. The third-order valence-corrected chi connectivity index (χ3v) is 3.42. The molecule has 5 nitrogen and oxygen atoms in total. The summed E-state index contributed by atoms with van der Waals surface area (Å²) >= 11 is 0. The van der Waals surface area contributed by atoms with Crippen LogP contribution in [-0.4, -0.2) is 28.7 Å². The quantitative estimate of drug-likeness (QED) is 0.804. The Kier molecular flexibility index (Phi) is 3.71. The Bertz CT molecular complexity index is 419. The number of hydrogen-bond donors (Lipinski definition) is 2. The second-order valence-corrected chi connectivity index (χ2v) is 5.13. The molecule has 1 aromatic heterocycles. The number of nitrogens with zero attached hydrogens (tertiary/aromatic N) is 2. The fraction of sp³-hybridized carbons (Fsp3) is 0.692. The molecule has 1 fully saturated rings. The molecule has 5 heteroatoms. The van der Waals surface area contributed by atoms with E-state index in [2.05, 4.69) is 22.2 Å². The zero-order chi connectivity index (χ0) is 13.2. The predicted molar refractivity (Wildman–Crippen MR) is 71.7 cm³/mol. The first-order chi connectivity index (χ1) is 8.57. The minimum Gasteiger partial charge on any atom is -0.478 e. The van der Waals surface area contributed by atoms with Gasteiger partial charge in [0.25, 0.3) is 0 Å². The molecule has 0 saturated heterocycles. The molecule has 100 valence electrons. The third-order valence-electron chi connectivity index (χ3n) is 3.42. The molecule has 0 aliphatic heterocycles. The van der Waals surface area contributed by atoms with Crippen molar-refractivity contribution in [1.82, 2.24) is 9.97 Å². The zero-order valence-electron chi connectivity index (χ0n) is 11.4. The van der Waals surface area contributed by atoms with Gasteiger partial charge in [0.2, 0.25) is 11.8 Å². The van der Waals surface area contributed by atoms with E-state index in [9.17, 15) is 0 Å². The average Bonchev–Trinajstić information content (AvgIpc) is 3.12. The maximum absolute atomic E-state index is 5.88. The van der Waals surface area contributed by atoms with Crippen LogP contribution in [0.1, 0.15) is 32.4 Å². The molecule has 0 radical (unpaired) electrons. The van der Waals surface area contributed by atoms with Crippen LogP contribution in [0.25, 0.3) is 0 Å². The van der Waals surface area contributed by atoms with Crippen LogP contribution in [-0.2, 0) is 0 Å². The highest BCUT2D eigenvalue weighted by atomic mass is 16.5. The summed E-state index contributed by atoms with van der Waals surface area (Å²) in [5, 5.41) is 3.38. The first kappa shape index (κ1) is 13.1. The van der Waals surface area contributed by atoms with E-state index in [-0.39, 0.29) is 5.54 Å². The Morgan fingerprint density at radius 3 is 2.78 bits per heavy atom. The smallest absolute Gasteiger partial charge is 0.226 e. The fourth-order valence-electron chi connectivity index (χ4n) is 2.11. The second-order valence-electron chi connectivity index (χ2n) is 5.13. The van der Waals surface area contributed by atoms with Crippen LogP contribution in [0.5, 0.6) is 5.88 Å². The minimum absolute atomic E-state index is 0.114. The monoisotopic (exact) mass is 250 g/mol. The minimum atomic E-state index is -0.114. The van der Waals surface area contributed by atoms with Gasteiger partial charge in [0.15, 0.2) is 0 Å². The first-order valence-electron chi connectivity index (χ1n) is 6.54. The number of anilines is 1. The van der Waals surface area contributed by atoms with Gasteiger partial charge in [-0.05, 0) is 39.5 Å². The van der Waals surface area contributed by atoms with Crippen molar-refractivity contribution in [3.8, 4) is 5.88 Å². The van der Waals surface area contributed by atoms with Crippen molar-refractivity contribution in [3.63, 3.8) is 0 Å². The molecule has 1 aromatic rings. The molecule has 1 atom stereocenters. The standard InChI is InChI=1S/C13H22N4O/c1-4-18-11-7-9(2)15-12(16-11)17-13(3,8-14)10-5-6-10/h7,10H,4-6,8,14H2,1-3H3,(H,15,16,17). The molecule has 0 bridgehead atoms. The van der Waals surface area contributed by atoms with Crippen molar-refractivity contribution in [3.05, 3.63) is 11.8 Å². The number of hydrogen-bond acceptors (Lipinski definition) is 5. The molecule has 1 heterocycles. The molecule has 2 rings (SSSR count). The highest BCUT2D eigenvalue weighted by Gasteiger charge is 2.41. The lowest BCUT2D eigenvalue weighted by atomic mass is 9.96. The maximum Gasteiger partial charge on any atom is 0.226 e. The van der Waals surface area contributed by atoms with Gasteiger partial charge in [0.1, 0.15) is 0 Å². The van der Waals surface area contributed by atoms with Gasteiger partial charge < -0.3 is 15.8 Å². The number of rotatable bonds is 6. The van der Waals surface area contributed by atoms with Crippen molar-refractivity contribution >= 4 is 5.95 Å². The zero-order valence-corrected chi connectivity index (χ0v) is 11.4. The van der Waals surface area contributed by atoms with Gasteiger partial charge >= 0.3 is 0 Å². The first-order valence-corrected chi connectivity index (χ1v) is 6.54. The molecule has 18 heavy (non-hydrogen) atoms. The molecule has 1 aliphatic rings. The summed E-state index contributed by atoms with van der Waals surface area (Å²) in [5.74, 6) is 1.85. The van der Waals surface area contributed by atoms with E-state index in [1.807, 2.05) is 19.9 Å². The predicted octanol–water partition coefficient (Wildman–Crippen LogP) is 1.72. The third kappa shape index (κ3) is 2.90. The van der Waals surface area contributed by atoms with Crippen LogP contribution in [0.3, 0.4) is 0 Å². The maximum atomic E-state index is 5.88. The molecule has 0 amide bonds. The number of aromatic nitrogens is 2. The molecule has 1 saturated carbocycles. The average molecular weight is 250 g/mol. The van der Waals surface area contributed by atoms with Gasteiger partial charge in [0.05, 0.1) is 12.1 Å². The molecule has 1 unspecified atom stereocenters. The SMILES string of the molecule is CCOc1cc(C)nc(NC(C)(CN)C2CC2)n1. The summed E-state index contributed by atoms with van der Waals surface area (Å²) in [6, 6.07) is 1.84. The number of nitrogens with two attached hydrogens (primary N) is 1. The van der Waals surface area contributed by atoms with Crippen LogP contribution in [0, 0.1) is 12.8 Å². The summed E-state index contributed by atoms with van der Waals surface area (Å²) in [6.07, 6.45) is 2.45. The van der Waals surface area contributed by atoms with Gasteiger partial charge in [-0.1, -0.05) is 0 Å². The van der Waals surface area contributed by atoms with E-state index in [0.717, 1.165) is 5.69 Å². The molecule has 1 aliphatic carbocycles. The van der Waals surface area contributed by atoms with Crippen LogP contribution >= 0.6 is 0 Å². The highest BCUT2D eigenvalue weighted by Crippen LogP contribution is 2.40. The van der Waals surface area contributed by atoms with Crippen molar-refractivity contribution in [1.29, 1.82) is 0 Å². The molecule has 0 aromatic carbocycles. The summed E-state index contributed by atoms with van der Waals surface area (Å²) < 4.78 is 5.43. The summed E-state index contributed by atoms with van der Waals surface area (Å²) in [4.78, 5) is 8.77. The largest absolute Gasteiger partial charge is 0.478 e. The van der Waals surface area contributed by atoms with Gasteiger partial charge in [-0.3, -0.25) is 0 Å². The van der Waals surface area contributed by atoms with Crippen molar-refractivity contribution in [2.24, 2.45) is 11.7 Å². The lowest BCUT2D eigenvalue weighted by Gasteiger charge is -2.29. The Morgan fingerprint density at radius 1 is 1.50 bits per heavy atom. The lowest BCUT2D eigenvalue weighted by molar-refractivity contribution is 0.325. The van der Waals surface area contributed by atoms with Crippen LogP contribution < -0.4 is 15.8 Å². The van der Waals surface area contributed by atoms with Crippen LogP contribution in [0.15, 0.2) is 6.07 Å². The van der Waals surface area contributed by atoms with E-state index >= 15 is 0 Å². The highest BCUT2D eigenvalue weighted by molar-refractivity contribution is 5.35. The van der Waals surface area contributed by atoms with E-state index in [1.54, 1.807) is 0 Å². The van der Waals surface area contributed by atoms with Crippen LogP contribution in [0.2, 0.25) is 0 Å². The fourth-order valence-corrected chi connectivity index (χ4v) is 2.11. The van der Waals surface area contributed by atoms with E-state index < -0.39 is 0 Å². The Morgan fingerprint density at radius 2 is 2.22 bits per heavy atom.